The molecule has 2 aromatic rings. The van der Waals surface area contributed by atoms with E-state index in [-0.39, 0.29) is 17.3 Å². The molecule has 1 atom stereocenters. The van der Waals surface area contributed by atoms with Crippen molar-refractivity contribution in [2.75, 3.05) is 23.4 Å². The maximum Gasteiger partial charge on any atom is 0.243 e. The zero-order valence-electron chi connectivity index (χ0n) is 13.3. The predicted octanol–water partition coefficient (Wildman–Crippen LogP) is 3.23. The van der Waals surface area contributed by atoms with E-state index >= 15 is 0 Å². The highest BCUT2D eigenvalue weighted by atomic mass is 32.2. The summed E-state index contributed by atoms with van der Waals surface area (Å²) >= 11 is 0. The molecule has 0 saturated carbocycles. The van der Waals surface area contributed by atoms with Crippen molar-refractivity contribution in [2.24, 2.45) is 0 Å². The van der Waals surface area contributed by atoms with Gasteiger partial charge in [0.25, 0.3) is 0 Å². The highest BCUT2D eigenvalue weighted by Crippen LogP contribution is 2.19. The van der Waals surface area contributed by atoms with E-state index in [4.69, 9.17) is 0 Å². The molecule has 0 aliphatic heterocycles. The van der Waals surface area contributed by atoms with E-state index in [9.17, 15) is 13.4 Å². The van der Waals surface area contributed by atoms with E-state index in [2.05, 4.69) is 10.6 Å². The quantitative estimate of drug-likeness (QED) is 0.882. The zero-order chi connectivity index (χ0) is 17.0. The fourth-order valence-electron chi connectivity index (χ4n) is 2.28. The van der Waals surface area contributed by atoms with E-state index in [1.54, 1.807) is 0 Å². The van der Waals surface area contributed by atoms with Gasteiger partial charge in [0.15, 0.2) is 0 Å². The predicted molar refractivity (Wildman–Crippen MR) is 91.8 cm³/mol. The molecule has 0 aromatic heterocycles. The molecule has 122 valence electrons. The summed E-state index contributed by atoms with van der Waals surface area (Å²) in [7, 11) is -1.40. The molecule has 2 aromatic carbocycles. The summed E-state index contributed by atoms with van der Waals surface area (Å²) in [5.74, 6) is -0.872. The van der Waals surface area contributed by atoms with Gasteiger partial charge in [0, 0.05) is 17.6 Å². The highest BCUT2D eigenvalue weighted by Gasteiger charge is 2.09. The van der Waals surface area contributed by atoms with Gasteiger partial charge in [-0.3, -0.25) is 9.00 Å². The molecular formula is C17H19FN2O2S. The largest absolute Gasteiger partial charge is 0.376 e. The summed E-state index contributed by atoms with van der Waals surface area (Å²) < 4.78 is 25.0. The second-order valence-corrected chi connectivity index (χ2v) is 6.62. The molecule has 0 aliphatic carbocycles. The Balaban J connectivity index is 2.00. The first-order valence-corrected chi connectivity index (χ1v) is 8.67. The van der Waals surface area contributed by atoms with Crippen LogP contribution in [0.1, 0.15) is 11.1 Å². The van der Waals surface area contributed by atoms with Crippen molar-refractivity contribution in [2.45, 2.75) is 18.7 Å². The minimum Gasteiger partial charge on any atom is -0.376 e. The third-order valence-electron chi connectivity index (χ3n) is 3.43. The van der Waals surface area contributed by atoms with Crippen LogP contribution in [0.15, 0.2) is 41.3 Å². The van der Waals surface area contributed by atoms with Gasteiger partial charge in [-0.2, -0.15) is 0 Å². The summed E-state index contributed by atoms with van der Waals surface area (Å²) in [6, 6.07) is 10.0. The number of nitrogens with one attached hydrogen (secondary N) is 2. The Labute approximate surface area is 137 Å². The number of carbonyl (C=O) groups excluding carboxylic acids is 1. The topological polar surface area (TPSA) is 58.2 Å². The molecule has 0 spiro atoms. The number of carbonyl (C=O) groups is 1. The molecule has 1 amide bonds. The minimum atomic E-state index is -1.40. The number of hydrogen-bond donors (Lipinski definition) is 2. The van der Waals surface area contributed by atoms with Crippen LogP contribution in [-0.2, 0) is 15.6 Å². The average molecular weight is 334 g/mol. The highest BCUT2D eigenvalue weighted by molar-refractivity contribution is 7.84. The number of hydrogen-bond acceptors (Lipinski definition) is 3. The van der Waals surface area contributed by atoms with Gasteiger partial charge in [0.1, 0.15) is 5.82 Å². The Bertz CT molecular complexity index is 742. The fourth-order valence-corrected chi connectivity index (χ4v) is 2.87. The van der Waals surface area contributed by atoms with Gasteiger partial charge in [-0.25, -0.2) is 4.39 Å². The number of aryl methyl sites for hydroxylation is 2. The van der Waals surface area contributed by atoms with Crippen molar-refractivity contribution >= 4 is 28.1 Å². The maximum atomic E-state index is 13.7. The van der Waals surface area contributed by atoms with E-state index in [0.717, 1.165) is 16.8 Å². The molecule has 2 N–H and O–H groups in total. The summed E-state index contributed by atoms with van der Waals surface area (Å²) in [4.78, 5) is 12.1. The third kappa shape index (κ3) is 4.39. The van der Waals surface area contributed by atoms with Gasteiger partial charge < -0.3 is 10.6 Å². The van der Waals surface area contributed by atoms with Gasteiger partial charge in [0.2, 0.25) is 5.91 Å². The van der Waals surface area contributed by atoms with Crippen molar-refractivity contribution in [3.05, 3.63) is 53.3 Å². The standard InChI is InChI=1S/C17H19FN2O2S/c1-11-5-4-6-12(2)17(11)19-10-16(21)20-13-7-8-15(23(3)22)14(18)9-13/h4-9,19H,10H2,1-3H3,(H,20,21). The van der Waals surface area contributed by atoms with Crippen LogP contribution < -0.4 is 10.6 Å². The molecule has 0 bridgehead atoms. The summed E-state index contributed by atoms with van der Waals surface area (Å²) in [5, 5.41) is 5.71. The first-order chi connectivity index (χ1) is 10.9. The number of halogens is 1. The maximum absolute atomic E-state index is 13.7. The van der Waals surface area contributed by atoms with Gasteiger partial charge in [-0.1, -0.05) is 18.2 Å². The van der Waals surface area contributed by atoms with E-state index in [1.165, 1.54) is 24.5 Å². The van der Waals surface area contributed by atoms with Crippen molar-refractivity contribution in [1.29, 1.82) is 0 Å². The fraction of sp³-hybridized carbons (Fsp3) is 0.235. The van der Waals surface area contributed by atoms with Gasteiger partial charge in [-0.05, 0) is 43.2 Å². The molecule has 4 nitrogen and oxygen atoms in total. The lowest BCUT2D eigenvalue weighted by Gasteiger charge is -2.13. The monoisotopic (exact) mass is 334 g/mol. The molecule has 0 radical (unpaired) electrons. The van der Waals surface area contributed by atoms with E-state index < -0.39 is 16.6 Å². The Morgan fingerprint density at radius 3 is 2.39 bits per heavy atom. The van der Waals surface area contributed by atoms with Crippen LogP contribution in [0, 0.1) is 19.7 Å². The first kappa shape index (κ1) is 17.1. The third-order valence-corrected chi connectivity index (χ3v) is 4.38. The van der Waals surface area contributed by atoms with Crippen molar-refractivity contribution in [3.63, 3.8) is 0 Å². The molecule has 1 unspecified atom stereocenters. The van der Waals surface area contributed by atoms with Gasteiger partial charge in [0.05, 0.1) is 22.2 Å². The van der Waals surface area contributed by atoms with Crippen molar-refractivity contribution in [3.8, 4) is 0 Å². The molecular weight excluding hydrogens is 315 g/mol. The second-order valence-electron chi connectivity index (χ2n) is 5.27. The average Bonchev–Trinajstić information content (AvgIpc) is 2.46. The summed E-state index contributed by atoms with van der Waals surface area (Å²) in [6.07, 6.45) is 1.41. The van der Waals surface area contributed by atoms with Gasteiger partial charge in [-0.15, -0.1) is 0 Å². The van der Waals surface area contributed by atoms with E-state index in [1.807, 2.05) is 32.0 Å². The summed E-state index contributed by atoms with van der Waals surface area (Å²) in [5.41, 5.74) is 3.37. The Hall–Kier alpha value is -2.21. The lowest BCUT2D eigenvalue weighted by molar-refractivity contribution is -0.114. The smallest absolute Gasteiger partial charge is 0.243 e. The molecule has 0 fully saturated rings. The number of rotatable bonds is 5. The molecule has 0 saturated heterocycles. The van der Waals surface area contributed by atoms with Crippen LogP contribution in [0.4, 0.5) is 15.8 Å². The molecule has 0 aliphatic rings. The SMILES string of the molecule is Cc1cccc(C)c1NCC(=O)Nc1ccc(S(C)=O)c(F)c1. The number of amides is 1. The van der Waals surface area contributed by atoms with Crippen LogP contribution in [0.3, 0.4) is 0 Å². The lowest BCUT2D eigenvalue weighted by atomic mass is 10.1. The number of para-hydroxylation sites is 1. The normalized spacial score (nSPS) is 11.8. The lowest BCUT2D eigenvalue weighted by Crippen LogP contribution is -2.22. The Morgan fingerprint density at radius 1 is 1.17 bits per heavy atom. The minimum absolute atomic E-state index is 0.0781. The molecule has 2 rings (SSSR count). The van der Waals surface area contributed by atoms with Crippen molar-refractivity contribution in [1.82, 2.24) is 0 Å². The number of anilines is 2. The Morgan fingerprint density at radius 2 is 1.83 bits per heavy atom. The van der Waals surface area contributed by atoms with Crippen LogP contribution in [0.25, 0.3) is 0 Å². The first-order valence-electron chi connectivity index (χ1n) is 7.11. The van der Waals surface area contributed by atoms with E-state index in [0.29, 0.717) is 5.69 Å². The Kier molecular flexibility index (Phi) is 5.50. The van der Waals surface area contributed by atoms with Crippen LogP contribution in [0.5, 0.6) is 0 Å². The van der Waals surface area contributed by atoms with Crippen LogP contribution in [-0.4, -0.2) is 22.9 Å². The second kappa shape index (κ2) is 7.37. The summed E-state index contributed by atoms with van der Waals surface area (Å²) in [6.45, 7) is 4.01. The zero-order valence-corrected chi connectivity index (χ0v) is 14.1. The van der Waals surface area contributed by atoms with Crippen molar-refractivity contribution < 1.29 is 13.4 Å². The molecule has 0 heterocycles. The molecule has 6 heteroatoms. The van der Waals surface area contributed by atoms with Gasteiger partial charge >= 0.3 is 0 Å². The molecule has 23 heavy (non-hydrogen) atoms. The van der Waals surface area contributed by atoms with Crippen LogP contribution >= 0.6 is 0 Å². The van der Waals surface area contributed by atoms with Crippen LogP contribution in [0.2, 0.25) is 0 Å². The number of benzene rings is 2.